The van der Waals surface area contributed by atoms with Crippen molar-refractivity contribution in [3.63, 3.8) is 0 Å². The Balaban J connectivity index is 1.69. The largest absolute Gasteiger partial charge is 0.497 e. The maximum Gasteiger partial charge on any atom is 0.275 e. The lowest BCUT2D eigenvalue weighted by atomic mass is 10.2. The lowest BCUT2D eigenvalue weighted by Crippen LogP contribution is -2.14. The second kappa shape index (κ2) is 9.07. The molecule has 9 heteroatoms. The topological polar surface area (TPSA) is 98.8 Å². The number of nitrogens with one attached hydrogen (secondary N) is 2. The van der Waals surface area contributed by atoms with E-state index in [-0.39, 0.29) is 5.69 Å². The van der Waals surface area contributed by atoms with Crippen molar-refractivity contribution >= 4 is 34.0 Å². The van der Waals surface area contributed by atoms with Crippen molar-refractivity contribution in [3.05, 3.63) is 59.1 Å². The zero-order valence-corrected chi connectivity index (χ0v) is 16.8. The Kier molecular flexibility index (Phi) is 6.30. The smallest absolute Gasteiger partial charge is 0.275 e. The molecule has 2 N–H and O–H groups in total. The van der Waals surface area contributed by atoms with Crippen molar-refractivity contribution in [2.24, 2.45) is 0 Å². The van der Waals surface area contributed by atoms with E-state index in [4.69, 9.17) is 14.2 Å². The van der Waals surface area contributed by atoms with Crippen LogP contribution in [0.2, 0.25) is 0 Å². The summed E-state index contributed by atoms with van der Waals surface area (Å²) in [4.78, 5) is 29.1. The van der Waals surface area contributed by atoms with Gasteiger partial charge in [-0.2, -0.15) is 0 Å². The first kappa shape index (κ1) is 20.2. The van der Waals surface area contributed by atoms with E-state index in [9.17, 15) is 9.59 Å². The minimum absolute atomic E-state index is 0.191. The van der Waals surface area contributed by atoms with E-state index in [2.05, 4.69) is 15.6 Å². The van der Waals surface area contributed by atoms with Crippen LogP contribution in [0.5, 0.6) is 17.2 Å². The Hall–Kier alpha value is -3.59. The molecule has 150 valence electrons. The number of amides is 2. The average Bonchev–Trinajstić information content (AvgIpc) is 3.22. The number of hydrogen-bond donors (Lipinski definition) is 2. The fourth-order valence-electron chi connectivity index (χ4n) is 2.44. The second-order valence-electron chi connectivity index (χ2n) is 5.78. The molecule has 0 spiro atoms. The molecule has 2 amide bonds. The van der Waals surface area contributed by atoms with Gasteiger partial charge in [-0.3, -0.25) is 14.9 Å². The molecule has 0 saturated carbocycles. The normalized spacial score (nSPS) is 10.2. The molecule has 0 bridgehead atoms. The summed E-state index contributed by atoms with van der Waals surface area (Å²) in [7, 11) is 4.56. The quantitative estimate of drug-likeness (QED) is 0.613. The highest BCUT2D eigenvalue weighted by molar-refractivity contribution is 7.14. The third kappa shape index (κ3) is 5.02. The highest BCUT2D eigenvalue weighted by atomic mass is 32.1. The fourth-order valence-corrected chi connectivity index (χ4v) is 3.12. The predicted octanol–water partition coefficient (Wildman–Crippen LogP) is 3.67. The van der Waals surface area contributed by atoms with Gasteiger partial charge in [-0.25, -0.2) is 4.98 Å². The Morgan fingerprint density at radius 1 is 0.862 bits per heavy atom. The summed E-state index contributed by atoms with van der Waals surface area (Å²) in [6, 6.07) is 11.8. The van der Waals surface area contributed by atoms with Crippen LogP contribution < -0.4 is 24.8 Å². The number of thiazole rings is 1. The van der Waals surface area contributed by atoms with Crippen molar-refractivity contribution < 1.29 is 23.8 Å². The van der Waals surface area contributed by atoms with Gasteiger partial charge in [0.2, 0.25) is 0 Å². The highest BCUT2D eigenvalue weighted by Crippen LogP contribution is 2.24. The summed E-state index contributed by atoms with van der Waals surface area (Å²) in [5.74, 6) is 0.830. The van der Waals surface area contributed by atoms with E-state index in [1.165, 1.54) is 14.2 Å². The maximum absolute atomic E-state index is 12.5. The monoisotopic (exact) mass is 413 g/mol. The number of benzene rings is 2. The van der Waals surface area contributed by atoms with Crippen molar-refractivity contribution in [2.45, 2.75) is 0 Å². The molecule has 0 aliphatic carbocycles. The van der Waals surface area contributed by atoms with Gasteiger partial charge in [-0.05, 0) is 24.3 Å². The Labute approximate surface area is 171 Å². The fraction of sp³-hybridized carbons (Fsp3) is 0.150. The third-order valence-corrected chi connectivity index (χ3v) is 4.66. The van der Waals surface area contributed by atoms with Crippen molar-refractivity contribution in [2.75, 3.05) is 32.0 Å². The van der Waals surface area contributed by atoms with Crippen LogP contribution in [0.15, 0.2) is 47.8 Å². The number of carbonyl (C=O) groups excluding carboxylic acids is 2. The molecule has 1 aromatic heterocycles. The summed E-state index contributed by atoms with van der Waals surface area (Å²) in [5.41, 5.74) is 1.12. The SMILES string of the molecule is COc1cccc(NC(=O)c2csc(NC(=O)c3cc(OC)cc(OC)c3)n2)c1. The van der Waals surface area contributed by atoms with Gasteiger partial charge in [0, 0.05) is 28.8 Å². The first-order valence-electron chi connectivity index (χ1n) is 8.47. The second-order valence-corrected chi connectivity index (χ2v) is 6.64. The lowest BCUT2D eigenvalue weighted by molar-refractivity contribution is 0.101. The molecule has 8 nitrogen and oxygen atoms in total. The average molecular weight is 413 g/mol. The van der Waals surface area contributed by atoms with Gasteiger partial charge in [0.25, 0.3) is 11.8 Å². The minimum Gasteiger partial charge on any atom is -0.497 e. The molecule has 0 fully saturated rings. The molecule has 29 heavy (non-hydrogen) atoms. The first-order chi connectivity index (χ1) is 14.0. The molecule has 2 aromatic carbocycles. The number of nitrogens with zero attached hydrogens (tertiary/aromatic N) is 1. The van der Waals surface area contributed by atoms with E-state index in [0.29, 0.717) is 33.6 Å². The Bertz CT molecular complexity index is 1010. The van der Waals surface area contributed by atoms with Crippen molar-refractivity contribution in [1.82, 2.24) is 4.98 Å². The van der Waals surface area contributed by atoms with Gasteiger partial charge in [0.15, 0.2) is 5.13 Å². The minimum atomic E-state index is -0.392. The van der Waals surface area contributed by atoms with Gasteiger partial charge >= 0.3 is 0 Å². The van der Waals surface area contributed by atoms with Crippen LogP contribution in [-0.2, 0) is 0 Å². The molecule has 0 unspecified atom stereocenters. The summed E-state index contributed by atoms with van der Waals surface area (Å²) in [5, 5.41) is 7.28. The van der Waals surface area contributed by atoms with Gasteiger partial charge < -0.3 is 19.5 Å². The van der Waals surface area contributed by atoms with Crippen LogP contribution in [-0.4, -0.2) is 38.1 Å². The van der Waals surface area contributed by atoms with E-state index >= 15 is 0 Å². The number of methoxy groups -OCH3 is 3. The molecule has 0 radical (unpaired) electrons. The number of carbonyl (C=O) groups is 2. The van der Waals surface area contributed by atoms with Gasteiger partial charge in [0.05, 0.1) is 21.3 Å². The van der Waals surface area contributed by atoms with Crippen molar-refractivity contribution in [1.29, 1.82) is 0 Å². The highest BCUT2D eigenvalue weighted by Gasteiger charge is 2.15. The molecule has 0 saturated heterocycles. The Morgan fingerprint density at radius 3 is 2.21 bits per heavy atom. The van der Waals surface area contributed by atoms with Crippen LogP contribution in [0.4, 0.5) is 10.8 Å². The van der Waals surface area contributed by atoms with Crippen LogP contribution >= 0.6 is 11.3 Å². The van der Waals surface area contributed by atoms with Crippen molar-refractivity contribution in [3.8, 4) is 17.2 Å². The van der Waals surface area contributed by atoms with Gasteiger partial charge in [-0.15, -0.1) is 11.3 Å². The van der Waals surface area contributed by atoms with E-state index in [1.54, 1.807) is 55.0 Å². The van der Waals surface area contributed by atoms with E-state index in [1.807, 2.05) is 0 Å². The number of hydrogen-bond acceptors (Lipinski definition) is 7. The molecule has 0 aliphatic heterocycles. The first-order valence-corrected chi connectivity index (χ1v) is 9.35. The lowest BCUT2D eigenvalue weighted by Gasteiger charge is -2.08. The van der Waals surface area contributed by atoms with Crippen LogP contribution in [0.1, 0.15) is 20.8 Å². The number of rotatable bonds is 7. The van der Waals surface area contributed by atoms with Gasteiger partial charge in [0.1, 0.15) is 22.9 Å². The number of ether oxygens (including phenoxy) is 3. The molecular weight excluding hydrogens is 394 g/mol. The predicted molar refractivity (Wildman–Crippen MR) is 111 cm³/mol. The summed E-state index contributed by atoms with van der Waals surface area (Å²) in [6.45, 7) is 0. The molecular formula is C20H19N3O5S. The summed E-state index contributed by atoms with van der Waals surface area (Å²) in [6.07, 6.45) is 0. The van der Waals surface area contributed by atoms with Crippen LogP contribution in [0, 0.1) is 0 Å². The van der Waals surface area contributed by atoms with Crippen LogP contribution in [0.25, 0.3) is 0 Å². The molecule has 0 atom stereocenters. The molecule has 1 heterocycles. The number of aromatic nitrogens is 1. The molecule has 3 rings (SSSR count). The molecule has 0 aliphatic rings. The molecule has 3 aromatic rings. The van der Waals surface area contributed by atoms with E-state index < -0.39 is 11.8 Å². The Morgan fingerprint density at radius 2 is 1.55 bits per heavy atom. The van der Waals surface area contributed by atoms with Gasteiger partial charge in [-0.1, -0.05) is 6.07 Å². The third-order valence-electron chi connectivity index (χ3n) is 3.90. The van der Waals surface area contributed by atoms with Crippen LogP contribution in [0.3, 0.4) is 0 Å². The summed E-state index contributed by atoms with van der Waals surface area (Å²) < 4.78 is 15.5. The standard InChI is InChI=1S/C20H19N3O5S/c1-26-14-6-4-5-13(9-14)21-19(25)17-11-29-20(22-17)23-18(24)12-7-15(27-2)10-16(8-12)28-3/h4-11H,1-3H3,(H,21,25)(H,22,23,24). The zero-order valence-electron chi connectivity index (χ0n) is 16.0. The zero-order chi connectivity index (χ0) is 20.8. The summed E-state index contributed by atoms with van der Waals surface area (Å²) >= 11 is 1.15. The number of anilines is 2. The maximum atomic E-state index is 12.5. The van der Waals surface area contributed by atoms with E-state index in [0.717, 1.165) is 11.3 Å².